The third kappa shape index (κ3) is 3.94. The summed E-state index contributed by atoms with van der Waals surface area (Å²) in [6.07, 6.45) is -0.739. The molecule has 0 aliphatic carbocycles. The zero-order valence-electron chi connectivity index (χ0n) is 13.8. The molecule has 1 aliphatic rings. The van der Waals surface area contributed by atoms with Crippen LogP contribution in [-0.4, -0.2) is 42.5 Å². The molecule has 3 rings (SSSR count). The van der Waals surface area contributed by atoms with Crippen molar-refractivity contribution in [3.05, 3.63) is 71.5 Å². The van der Waals surface area contributed by atoms with Crippen LogP contribution in [0.3, 0.4) is 0 Å². The van der Waals surface area contributed by atoms with E-state index in [1.807, 2.05) is 6.07 Å². The van der Waals surface area contributed by atoms with E-state index in [1.54, 1.807) is 24.3 Å². The van der Waals surface area contributed by atoms with Crippen LogP contribution in [0.2, 0.25) is 0 Å². The number of ketones is 1. The molecule has 2 amide bonds. The molecular weight excluding hydrogens is 341 g/mol. The number of ether oxygens (including phenoxy) is 2. The van der Waals surface area contributed by atoms with Crippen molar-refractivity contribution in [3.8, 4) is 0 Å². The molecule has 0 saturated carbocycles. The molecule has 0 N–H and O–H groups in total. The molecule has 0 bridgehead atoms. The molecule has 26 heavy (non-hydrogen) atoms. The molecule has 0 radical (unpaired) electrons. The van der Waals surface area contributed by atoms with Gasteiger partial charge in [0.15, 0.2) is 5.78 Å². The van der Waals surface area contributed by atoms with Gasteiger partial charge in [0.05, 0.1) is 0 Å². The second kappa shape index (κ2) is 7.88. The number of nitrogens with zero attached hydrogens (tertiary/aromatic N) is 1. The Morgan fingerprint density at radius 3 is 2.46 bits per heavy atom. The Kier molecular flexibility index (Phi) is 5.38. The predicted octanol–water partition coefficient (Wildman–Crippen LogP) is 2.75. The molecule has 2 aromatic carbocycles. The molecular formula is C19H16FNO5. The number of imide groups is 1. The number of hydrogen-bond donors (Lipinski definition) is 0. The molecule has 6 nitrogen and oxygen atoms in total. The fourth-order valence-electron chi connectivity index (χ4n) is 2.64. The van der Waals surface area contributed by atoms with Crippen molar-refractivity contribution in [2.45, 2.75) is 6.04 Å². The van der Waals surface area contributed by atoms with Gasteiger partial charge in [-0.15, -0.1) is 0 Å². The lowest BCUT2D eigenvalue weighted by atomic mass is 10.1. The van der Waals surface area contributed by atoms with Gasteiger partial charge in [0.25, 0.3) is 5.91 Å². The van der Waals surface area contributed by atoms with Crippen molar-refractivity contribution in [2.24, 2.45) is 0 Å². The Hall–Kier alpha value is -3.06. The van der Waals surface area contributed by atoms with E-state index in [4.69, 9.17) is 9.47 Å². The van der Waals surface area contributed by atoms with Gasteiger partial charge >= 0.3 is 6.09 Å². The lowest BCUT2D eigenvalue weighted by molar-refractivity contribution is -0.133. The highest BCUT2D eigenvalue weighted by atomic mass is 19.1. The summed E-state index contributed by atoms with van der Waals surface area (Å²) in [6.45, 7) is -0.718. The van der Waals surface area contributed by atoms with E-state index in [9.17, 15) is 18.8 Å². The summed E-state index contributed by atoms with van der Waals surface area (Å²) in [5, 5.41) is 0. The van der Waals surface area contributed by atoms with Crippen molar-refractivity contribution in [1.29, 1.82) is 0 Å². The Morgan fingerprint density at radius 1 is 1.08 bits per heavy atom. The fraction of sp³-hybridized carbons (Fsp3) is 0.211. The Balaban J connectivity index is 1.57. The van der Waals surface area contributed by atoms with Crippen molar-refractivity contribution in [2.75, 3.05) is 19.8 Å². The molecule has 134 valence electrons. The van der Waals surface area contributed by atoms with E-state index >= 15 is 0 Å². The van der Waals surface area contributed by atoms with Crippen LogP contribution in [0, 0.1) is 5.82 Å². The minimum absolute atomic E-state index is 0.0725. The van der Waals surface area contributed by atoms with Gasteiger partial charge < -0.3 is 9.47 Å². The van der Waals surface area contributed by atoms with E-state index in [-0.39, 0.29) is 24.6 Å². The topological polar surface area (TPSA) is 72.9 Å². The van der Waals surface area contributed by atoms with Crippen molar-refractivity contribution < 1.29 is 28.2 Å². The maximum atomic E-state index is 12.9. The lowest BCUT2D eigenvalue weighted by Crippen LogP contribution is -2.37. The SMILES string of the molecule is O=C(COCC(=O)N1C(=O)OC[C@@H]1c1ccccc1)c1ccc(F)cc1. The first-order chi connectivity index (χ1) is 12.6. The first-order valence-electron chi connectivity index (χ1n) is 7.96. The van der Waals surface area contributed by atoms with Gasteiger partial charge in [-0.3, -0.25) is 9.59 Å². The lowest BCUT2D eigenvalue weighted by Gasteiger charge is -2.19. The van der Waals surface area contributed by atoms with E-state index in [2.05, 4.69) is 0 Å². The number of halogens is 1. The minimum Gasteiger partial charge on any atom is -0.446 e. The van der Waals surface area contributed by atoms with Crippen molar-refractivity contribution >= 4 is 17.8 Å². The van der Waals surface area contributed by atoms with Crippen molar-refractivity contribution in [3.63, 3.8) is 0 Å². The van der Waals surface area contributed by atoms with Gasteiger partial charge in [-0.25, -0.2) is 14.1 Å². The maximum absolute atomic E-state index is 12.9. The molecule has 0 aromatic heterocycles. The Bertz CT molecular complexity index is 806. The number of carbonyl (C=O) groups excluding carboxylic acids is 3. The Morgan fingerprint density at radius 2 is 1.77 bits per heavy atom. The van der Waals surface area contributed by atoms with Gasteiger partial charge in [0.2, 0.25) is 0 Å². The number of hydrogen-bond acceptors (Lipinski definition) is 5. The second-order valence-electron chi connectivity index (χ2n) is 5.69. The van der Waals surface area contributed by atoms with Crippen LogP contribution in [-0.2, 0) is 14.3 Å². The van der Waals surface area contributed by atoms with Gasteiger partial charge in [-0.2, -0.15) is 0 Å². The quantitative estimate of drug-likeness (QED) is 0.744. The summed E-state index contributed by atoms with van der Waals surface area (Å²) in [6, 6.07) is 13.5. The van der Waals surface area contributed by atoms with Gasteiger partial charge in [0.1, 0.15) is 31.7 Å². The monoisotopic (exact) mass is 357 g/mol. The number of cyclic esters (lactones) is 1. The van der Waals surface area contributed by atoms with Gasteiger partial charge in [-0.1, -0.05) is 30.3 Å². The summed E-state index contributed by atoms with van der Waals surface area (Å²) in [5.74, 6) is -1.42. The molecule has 1 atom stereocenters. The second-order valence-corrected chi connectivity index (χ2v) is 5.69. The van der Waals surface area contributed by atoms with E-state index in [1.165, 1.54) is 24.3 Å². The average Bonchev–Trinajstić information content (AvgIpc) is 3.04. The van der Waals surface area contributed by atoms with E-state index < -0.39 is 30.5 Å². The molecule has 0 unspecified atom stereocenters. The summed E-state index contributed by atoms with van der Waals surface area (Å²) < 4.78 is 23.0. The highest BCUT2D eigenvalue weighted by Crippen LogP contribution is 2.27. The standard InChI is InChI=1S/C19H16FNO5/c20-15-8-6-14(7-9-15)17(22)11-25-12-18(23)21-16(10-26-19(21)24)13-4-2-1-3-5-13/h1-9,16H,10-12H2/t16-/m1/s1. The maximum Gasteiger partial charge on any atom is 0.417 e. The molecule has 2 aromatic rings. The van der Waals surface area contributed by atoms with Gasteiger partial charge in [-0.05, 0) is 29.8 Å². The van der Waals surface area contributed by atoms with E-state index in [0.717, 1.165) is 10.5 Å². The molecule has 1 saturated heterocycles. The van der Waals surface area contributed by atoms with Crippen LogP contribution in [0.4, 0.5) is 9.18 Å². The van der Waals surface area contributed by atoms with Crippen LogP contribution in [0.15, 0.2) is 54.6 Å². The molecule has 1 aliphatic heterocycles. The van der Waals surface area contributed by atoms with Crippen LogP contribution >= 0.6 is 0 Å². The van der Waals surface area contributed by atoms with Crippen molar-refractivity contribution in [1.82, 2.24) is 4.90 Å². The van der Waals surface area contributed by atoms with Gasteiger partial charge in [0, 0.05) is 5.56 Å². The highest BCUT2D eigenvalue weighted by molar-refractivity contribution is 5.97. The number of Topliss-reactive ketones (excluding diaryl/α,β-unsaturated/α-hetero) is 1. The predicted molar refractivity (Wildman–Crippen MR) is 88.9 cm³/mol. The Labute approximate surface area is 149 Å². The van der Waals surface area contributed by atoms with Crippen LogP contribution < -0.4 is 0 Å². The highest BCUT2D eigenvalue weighted by Gasteiger charge is 2.38. The molecule has 7 heteroatoms. The molecule has 1 heterocycles. The van der Waals surface area contributed by atoms with Crippen LogP contribution in [0.25, 0.3) is 0 Å². The summed E-state index contributed by atoms with van der Waals surface area (Å²) in [5.41, 5.74) is 1.05. The normalized spacial score (nSPS) is 16.4. The largest absolute Gasteiger partial charge is 0.446 e. The molecule has 1 fully saturated rings. The minimum atomic E-state index is -0.739. The smallest absolute Gasteiger partial charge is 0.417 e. The summed E-state index contributed by atoms with van der Waals surface area (Å²) in [4.78, 5) is 37.2. The zero-order valence-corrected chi connectivity index (χ0v) is 13.8. The first kappa shape index (κ1) is 17.8. The average molecular weight is 357 g/mol. The number of rotatable bonds is 6. The van der Waals surface area contributed by atoms with E-state index in [0.29, 0.717) is 0 Å². The fourth-order valence-corrected chi connectivity index (χ4v) is 2.64. The third-order valence-electron chi connectivity index (χ3n) is 3.95. The summed E-state index contributed by atoms with van der Waals surface area (Å²) in [7, 11) is 0. The third-order valence-corrected chi connectivity index (χ3v) is 3.95. The van der Waals surface area contributed by atoms with Crippen LogP contribution in [0.1, 0.15) is 22.0 Å². The number of benzene rings is 2. The van der Waals surface area contributed by atoms with Crippen LogP contribution in [0.5, 0.6) is 0 Å². The summed E-state index contributed by atoms with van der Waals surface area (Å²) >= 11 is 0. The number of carbonyl (C=O) groups is 3. The number of amides is 2. The zero-order chi connectivity index (χ0) is 18.5. The molecule has 0 spiro atoms. The first-order valence-corrected chi connectivity index (χ1v) is 7.96.